The van der Waals surface area contributed by atoms with E-state index in [1.165, 1.54) is 13.0 Å². The molecule has 0 fully saturated rings. The topological polar surface area (TPSA) is 116 Å². The van der Waals surface area contributed by atoms with Crippen molar-refractivity contribution in [2.75, 3.05) is 6.54 Å². The summed E-state index contributed by atoms with van der Waals surface area (Å²) in [6.45, 7) is 2.65. The van der Waals surface area contributed by atoms with Crippen molar-refractivity contribution in [2.24, 2.45) is 0 Å². The minimum absolute atomic E-state index is 0. The van der Waals surface area contributed by atoms with Gasteiger partial charge in [-0.1, -0.05) is 12.5 Å². The molecule has 7 nitrogen and oxygen atoms in total. The normalized spacial score (nSPS) is 11.0. The van der Waals surface area contributed by atoms with Crippen LogP contribution >= 0.6 is 0 Å². The van der Waals surface area contributed by atoms with E-state index in [2.05, 4.69) is 16.7 Å². The first kappa shape index (κ1) is 20.5. The number of hydrogen-bond donors (Lipinski definition) is 4. The molecule has 2 amide bonds. The Labute approximate surface area is 153 Å². The Morgan fingerprint density at radius 2 is 1.95 bits per heavy atom. The number of carbonyl (C=O) groups is 3. The molecule has 1 aromatic carbocycles. The SMILES string of the molecule is CC(=O)NCC(=O)NC(CC(=O)O)c1c[c-]cc(C)c1O.[Y]. The molecule has 1 radical (unpaired) electrons. The van der Waals surface area contributed by atoms with Gasteiger partial charge in [-0.25, -0.2) is 0 Å². The molecule has 0 aliphatic rings. The van der Waals surface area contributed by atoms with Gasteiger partial charge in [0.25, 0.3) is 0 Å². The van der Waals surface area contributed by atoms with E-state index in [0.717, 1.165) is 0 Å². The number of amides is 2. The molecule has 8 heteroatoms. The maximum Gasteiger partial charge on any atom is 0.304 e. The van der Waals surface area contributed by atoms with Crippen LogP contribution in [0.1, 0.15) is 30.5 Å². The standard InChI is InChI=1S/C14H17N2O5.Y/c1-8-4-3-5-10(14(8)21)11(6-13(19)20)16-12(18)7-15-9(2)17;/h4-5,11,21H,6-7H2,1-2H3,(H,15,17)(H,16,18)(H,19,20);/q-1;. The van der Waals surface area contributed by atoms with E-state index in [1.807, 2.05) is 0 Å². The van der Waals surface area contributed by atoms with E-state index in [-0.39, 0.29) is 56.5 Å². The molecule has 4 N–H and O–H groups in total. The molecular weight excluding hydrogens is 365 g/mol. The number of phenolic OH excluding ortho intramolecular Hbond substituents is 1. The van der Waals surface area contributed by atoms with Gasteiger partial charge in [-0.2, -0.15) is 18.2 Å². The van der Waals surface area contributed by atoms with E-state index in [1.54, 1.807) is 13.0 Å². The predicted molar refractivity (Wildman–Crippen MR) is 73.5 cm³/mol. The second-order valence-electron chi connectivity index (χ2n) is 4.57. The molecule has 1 aromatic rings. The Morgan fingerprint density at radius 3 is 2.50 bits per heavy atom. The Morgan fingerprint density at radius 1 is 1.32 bits per heavy atom. The summed E-state index contributed by atoms with van der Waals surface area (Å²) in [5, 5.41) is 23.7. The van der Waals surface area contributed by atoms with Crippen LogP contribution < -0.4 is 10.6 Å². The van der Waals surface area contributed by atoms with Gasteiger partial charge < -0.3 is 20.8 Å². The molecule has 0 saturated heterocycles. The molecule has 1 atom stereocenters. The number of rotatable bonds is 6. The molecule has 117 valence electrons. The number of carboxylic acid groups (broad SMARTS) is 1. The average Bonchev–Trinajstić information content (AvgIpc) is 2.38. The van der Waals surface area contributed by atoms with Crippen LogP contribution in [0.25, 0.3) is 0 Å². The van der Waals surface area contributed by atoms with E-state index in [4.69, 9.17) is 5.11 Å². The summed E-state index contributed by atoms with van der Waals surface area (Å²) in [7, 11) is 0. The molecule has 0 bridgehead atoms. The Bertz CT molecular complexity index is 562. The zero-order valence-electron chi connectivity index (χ0n) is 12.3. The van der Waals surface area contributed by atoms with Gasteiger partial charge in [-0.05, 0) is 0 Å². The van der Waals surface area contributed by atoms with E-state index in [9.17, 15) is 19.5 Å². The maximum atomic E-state index is 11.7. The number of carbonyl (C=O) groups excluding carboxylic acids is 2. The summed E-state index contributed by atoms with van der Waals surface area (Å²) in [4.78, 5) is 33.4. The summed E-state index contributed by atoms with van der Waals surface area (Å²) in [5.41, 5.74) is 0.799. The zero-order chi connectivity index (χ0) is 16.0. The van der Waals surface area contributed by atoms with E-state index in [0.29, 0.717) is 5.56 Å². The van der Waals surface area contributed by atoms with Gasteiger partial charge in [-0.3, -0.25) is 14.4 Å². The van der Waals surface area contributed by atoms with Crippen molar-refractivity contribution in [1.29, 1.82) is 0 Å². The summed E-state index contributed by atoms with van der Waals surface area (Å²) >= 11 is 0. The fourth-order valence-corrected chi connectivity index (χ4v) is 1.75. The molecule has 0 aliphatic heterocycles. The van der Waals surface area contributed by atoms with Gasteiger partial charge in [0.15, 0.2) is 0 Å². The van der Waals surface area contributed by atoms with Crippen LogP contribution in [0.4, 0.5) is 0 Å². The summed E-state index contributed by atoms with van der Waals surface area (Å²) in [6, 6.07) is 4.85. The number of aryl methyl sites for hydroxylation is 1. The molecule has 1 rings (SSSR count). The summed E-state index contributed by atoms with van der Waals surface area (Å²) in [5.74, 6) is -2.12. The fourth-order valence-electron chi connectivity index (χ4n) is 1.75. The van der Waals surface area contributed by atoms with Crippen molar-refractivity contribution in [1.82, 2.24) is 10.6 Å². The number of benzene rings is 1. The summed E-state index contributed by atoms with van der Waals surface area (Å²) in [6.07, 6.45) is -0.392. The van der Waals surface area contributed by atoms with Crippen molar-refractivity contribution < 1.29 is 57.3 Å². The zero-order valence-corrected chi connectivity index (χ0v) is 15.2. The van der Waals surface area contributed by atoms with E-state index >= 15 is 0 Å². The van der Waals surface area contributed by atoms with Gasteiger partial charge >= 0.3 is 5.97 Å². The quantitative estimate of drug-likeness (QED) is 0.527. The number of aromatic hydroxyl groups is 1. The van der Waals surface area contributed by atoms with Crippen molar-refractivity contribution in [3.63, 3.8) is 0 Å². The monoisotopic (exact) mass is 382 g/mol. The van der Waals surface area contributed by atoms with Crippen LogP contribution in [-0.2, 0) is 47.1 Å². The molecular formula is C14H17N2O5Y-. The van der Waals surface area contributed by atoms with Gasteiger partial charge in [0, 0.05) is 51.4 Å². The minimum Gasteiger partial charge on any atom is -0.533 e. The largest absolute Gasteiger partial charge is 0.533 e. The third kappa shape index (κ3) is 6.53. The van der Waals surface area contributed by atoms with Crippen molar-refractivity contribution in [3.05, 3.63) is 29.3 Å². The molecule has 0 heterocycles. The number of nitrogens with one attached hydrogen (secondary N) is 2. The van der Waals surface area contributed by atoms with Gasteiger partial charge in [0.1, 0.15) is 0 Å². The van der Waals surface area contributed by atoms with Crippen molar-refractivity contribution >= 4 is 17.8 Å². The molecule has 1 unspecified atom stereocenters. The van der Waals surface area contributed by atoms with Crippen LogP contribution in [-0.4, -0.2) is 34.5 Å². The van der Waals surface area contributed by atoms with Crippen LogP contribution in [0.15, 0.2) is 12.1 Å². The van der Waals surface area contributed by atoms with Crippen LogP contribution in [0, 0.1) is 13.0 Å². The molecule has 0 aliphatic carbocycles. The van der Waals surface area contributed by atoms with Crippen LogP contribution in [0.3, 0.4) is 0 Å². The fraction of sp³-hybridized carbons (Fsp3) is 0.357. The number of aliphatic carboxylic acids is 1. The average molecular weight is 382 g/mol. The third-order valence-electron chi connectivity index (χ3n) is 2.77. The van der Waals surface area contributed by atoms with Crippen molar-refractivity contribution in [2.45, 2.75) is 26.3 Å². The minimum atomic E-state index is -1.12. The summed E-state index contributed by atoms with van der Waals surface area (Å²) < 4.78 is 0. The second-order valence-corrected chi connectivity index (χ2v) is 4.57. The number of phenols is 1. The molecule has 0 aromatic heterocycles. The van der Waals surface area contributed by atoms with Crippen molar-refractivity contribution in [3.8, 4) is 5.75 Å². The molecule has 0 spiro atoms. The first-order valence-corrected chi connectivity index (χ1v) is 6.26. The Balaban J connectivity index is 0.00000441. The smallest absolute Gasteiger partial charge is 0.304 e. The number of carboxylic acids is 1. The van der Waals surface area contributed by atoms with Gasteiger partial charge in [-0.15, -0.1) is 5.56 Å². The van der Waals surface area contributed by atoms with Gasteiger partial charge in [0.2, 0.25) is 11.8 Å². The first-order chi connectivity index (χ1) is 9.81. The number of hydrogen-bond acceptors (Lipinski definition) is 4. The van der Waals surface area contributed by atoms with E-state index < -0.39 is 24.3 Å². The molecule has 0 saturated carbocycles. The van der Waals surface area contributed by atoms with Gasteiger partial charge in [0.05, 0.1) is 13.0 Å². The van der Waals surface area contributed by atoms with Crippen LogP contribution in [0.2, 0.25) is 0 Å². The maximum absolute atomic E-state index is 11.7. The van der Waals surface area contributed by atoms with Crippen LogP contribution in [0.5, 0.6) is 5.75 Å². The predicted octanol–water partition coefficient (Wildman–Crippen LogP) is 0.266. The Kier molecular flexibility index (Phi) is 8.90. The Hall–Kier alpha value is -1.47. The molecule has 22 heavy (non-hydrogen) atoms. The first-order valence-electron chi connectivity index (χ1n) is 6.26. The second kappa shape index (κ2) is 9.53. The third-order valence-corrected chi connectivity index (χ3v) is 2.77.